The van der Waals surface area contributed by atoms with E-state index in [1.807, 2.05) is 18.2 Å². The Morgan fingerprint density at radius 3 is 2.81 bits per heavy atom. The predicted octanol–water partition coefficient (Wildman–Crippen LogP) is 3.80. The molecule has 1 amide bonds. The first-order chi connectivity index (χ1) is 12.6. The molecule has 7 nitrogen and oxygen atoms in total. The van der Waals surface area contributed by atoms with Gasteiger partial charge in [-0.1, -0.05) is 11.8 Å². The number of rotatable bonds is 6. The van der Waals surface area contributed by atoms with Gasteiger partial charge in [0, 0.05) is 5.56 Å². The monoisotopic (exact) mass is 386 g/mol. The van der Waals surface area contributed by atoms with E-state index in [1.54, 1.807) is 37.6 Å². The van der Waals surface area contributed by atoms with Crippen molar-refractivity contribution in [3.05, 3.63) is 41.3 Å². The number of nitrogens with one attached hydrogen (secondary N) is 1. The molecule has 1 aromatic carbocycles. The molecule has 0 aliphatic heterocycles. The Labute approximate surface area is 158 Å². The van der Waals surface area contributed by atoms with E-state index in [0.717, 1.165) is 23.1 Å². The summed E-state index contributed by atoms with van der Waals surface area (Å²) in [5.41, 5.74) is 1.21. The van der Waals surface area contributed by atoms with Gasteiger partial charge in [-0.3, -0.25) is 4.79 Å². The van der Waals surface area contributed by atoms with Crippen LogP contribution in [-0.2, 0) is 4.79 Å². The van der Waals surface area contributed by atoms with Crippen molar-refractivity contribution in [1.82, 2.24) is 10.2 Å². The summed E-state index contributed by atoms with van der Waals surface area (Å²) in [4.78, 5) is 12.3. The summed E-state index contributed by atoms with van der Waals surface area (Å²) in [5, 5.41) is 21.8. The maximum Gasteiger partial charge on any atom is 0.277 e. The smallest absolute Gasteiger partial charge is 0.277 e. The molecule has 0 saturated heterocycles. The van der Waals surface area contributed by atoms with E-state index in [4.69, 9.17) is 14.4 Å². The number of benzene rings is 1. The number of hydrogen-bond acceptors (Lipinski definition) is 8. The summed E-state index contributed by atoms with van der Waals surface area (Å²) in [6.07, 6.45) is 0. The number of aromatic nitrogens is 2. The van der Waals surface area contributed by atoms with Gasteiger partial charge in [0.2, 0.25) is 11.8 Å². The summed E-state index contributed by atoms with van der Waals surface area (Å²) in [7, 11) is 1.60. The SMILES string of the molecule is COc1ccc(-c2nnc(S[C@H](C)C(=O)Nc3sccc3C#N)o2)cc1. The minimum atomic E-state index is -0.465. The van der Waals surface area contributed by atoms with Crippen molar-refractivity contribution in [2.24, 2.45) is 0 Å². The average Bonchev–Trinajstić information content (AvgIpc) is 3.31. The average molecular weight is 386 g/mol. The molecule has 0 aliphatic rings. The fourth-order valence-electron chi connectivity index (χ4n) is 2.02. The zero-order valence-electron chi connectivity index (χ0n) is 13.9. The van der Waals surface area contributed by atoms with Gasteiger partial charge < -0.3 is 14.5 Å². The van der Waals surface area contributed by atoms with E-state index >= 15 is 0 Å². The number of thiophene rings is 1. The van der Waals surface area contributed by atoms with E-state index in [-0.39, 0.29) is 5.91 Å². The van der Waals surface area contributed by atoms with Crippen LogP contribution in [0.1, 0.15) is 12.5 Å². The molecule has 3 aromatic rings. The lowest BCUT2D eigenvalue weighted by Gasteiger charge is -2.08. The molecule has 0 unspecified atom stereocenters. The molecule has 0 bridgehead atoms. The maximum atomic E-state index is 12.3. The minimum Gasteiger partial charge on any atom is -0.497 e. The lowest BCUT2D eigenvalue weighted by atomic mass is 10.2. The Kier molecular flexibility index (Phi) is 5.55. The highest BCUT2D eigenvalue weighted by Crippen LogP contribution is 2.29. The van der Waals surface area contributed by atoms with Gasteiger partial charge in [-0.2, -0.15) is 5.26 Å². The van der Waals surface area contributed by atoms with Gasteiger partial charge in [0.05, 0.1) is 17.9 Å². The van der Waals surface area contributed by atoms with Crippen LogP contribution < -0.4 is 10.1 Å². The first kappa shape index (κ1) is 18.0. The number of thioether (sulfide) groups is 1. The van der Waals surface area contributed by atoms with Crippen molar-refractivity contribution in [2.45, 2.75) is 17.4 Å². The Balaban J connectivity index is 1.64. The Morgan fingerprint density at radius 2 is 2.12 bits per heavy atom. The minimum absolute atomic E-state index is 0.238. The van der Waals surface area contributed by atoms with Gasteiger partial charge in [0.15, 0.2) is 0 Å². The van der Waals surface area contributed by atoms with E-state index in [0.29, 0.717) is 21.7 Å². The summed E-state index contributed by atoms with van der Waals surface area (Å²) >= 11 is 2.46. The molecule has 26 heavy (non-hydrogen) atoms. The number of methoxy groups -OCH3 is 1. The number of anilines is 1. The van der Waals surface area contributed by atoms with E-state index in [9.17, 15) is 4.79 Å². The number of nitrogens with zero attached hydrogens (tertiary/aromatic N) is 3. The van der Waals surface area contributed by atoms with Crippen molar-refractivity contribution in [2.75, 3.05) is 12.4 Å². The number of carbonyl (C=O) groups is 1. The molecule has 0 spiro atoms. The molecular formula is C17H14N4O3S2. The normalized spacial score (nSPS) is 11.6. The largest absolute Gasteiger partial charge is 0.497 e. The molecule has 3 rings (SSSR count). The predicted molar refractivity (Wildman–Crippen MR) is 99.3 cm³/mol. The van der Waals surface area contributed by atoms with Crippen LogP contribution in [0.25, 0.3) is 11.5 Å². The maximum absolute atomic E-state index is 12.3. The number of ether oxygens (including phenoxy) is 1. The molecule has 9 heteroatoms. The number of hydrogen-bond donors (Lipinski definition) is 1. The third-order valence-corrected chi connectivity index (χ3v) is 5.18. The first-order valence-electron chi connectivity index (χ1n) is 7.53. The van der Waals surface area contributed by atoms with Gasteiger partial charge in [-0.15, -0.1) is 21.5 Å². The van der Waals surface area contributed by atoms with Gasteiger partial charge >= 0.3 is 0 Å². The highest BCUT2D eigenvalue weighted by Gasteiger charge is 2.20. The molecule has 0 saturated carbocycles. The second kappa shape index (κ2) is 8.03. The number of carbonyl (C=O) groups excluding carboxylic acids is 1. The molecule has 2 aromatic heterocycles. The summed E-state index contributed by atoms with van der Waals surface area (Å²) in [5.74, 6) is 0.865. The first-order valence-corrected chi connectivity index (χ1v) is 9.29. The van der Waals surface area contributed by atoms with Gasteiger partial charge in [-0.25, -0.2) is 0 Å². The van der Waals surface area contributed by atoms with Crippen LogP contribution in [0.2, 0.25) is 0 Å². The van der Waals surface area contributed by atoms with Crippen LogP contribution in [0.3, 0.4) is 0 Å². The topological polar surface area (TPSA) is 101 Å². The highest BCUT2D eigenvalue weighted by atomic mass is 32.2. The molecule has 0 aliphatic carbocycles. The zero-order valence-corrected chi connectivity index (χ0v) is 15.6. The van der Waals surface area contributed by atoms with Crippen LogP contribution in [0.15, 0.2) is 45.4 Å². The molecule has 0 fully saturated rings. The van der Waals surface area contributed by atoms with Crippen molar-refractivity contribution in [3.8, 4) is 23.3 Å². The van der Waals surface area contributed by atoms with Crippen LogP contribution >= 0.6 is 23.1 Å². The molecular weight excluding hydrogens is 372 g/mol. The fraction of sp³-hybridized carbons (Fsp3) is 0.176. The number of nitriles is 1. The van der Waals surface area contributed by atoms with Crippen LogP contribution in [0.5, 0.6) is 5.75 Å². The van der Waals surface area contributed by atoms with Crippen molar-refractivity contribution < 1.29 is 13.9 Å². The molecule has 1 N–H and O–H groups in total. The molecule has 132 valence electrons. The molecule has 2 heterocycles. The van der Waals surface area contributed by atoms with Crippen LogP contribution in [0.4, 0.5) is 5.00 Å². The fourth-order valence-corrected chi connectivity index (χ4v) is 3.44. The van der Waals surface area contributed by atoms with E-state index in [2.05, 4.69) is 15.5 Å². The summed E-state index contributed by atoms with van der Waals surface area (Å²) in [6.45, 7) is 1.73. The van der Waals surface area contributed by atoms with Crippen molar-refractivity contribution >= 4 is 34.0 Å². The van der Waals surface area contributed by atoms with Crippen LogP contribution in [-0.4, -0.2) is 28.5 Å². The lowest BCUT2D eigenvalue weighted by molar-refractivity contribution is -0.115. The van der Waals surface area contributed by atoms with Gasteiger partial charge in [0.1, 0.15) is 16.8 Å². The highest BCUT2D eigenvalue weighted by molar-refractivity contribution is 8.00. The Bertz CT molecular complexity index is 944. The van der Waals surface area contributed by atoms with Gasteiger partial charge in [-0.05, 0) is 42.6 Å². The second-order valence-corrected chi connectivity index (χ2v) is 7.33. The number of amides is 1. The zero-order chi connectivity index (χ0) is 18.5. The van der Waals surface area contributed by atoms with E-state index in [1.165, 1.54) is 11.3 Å². The Morgan fingerprint density at radius 1 is 1.35 bits per heavy atom. The third-order valence-electron chi connectivity index (χ3n) is 3.41. The summed E-state index contributed by atoms with van der Waals surface area (Å²) in [6, 6.07) is 10.9. The van der Waals surface area contributed by atoms with Crippen molar-refractivity contribution in [1.29, 1.82) is 5.26 Å². The quantitative estimate of drug-likeness (QED) is 0.643. The Hall–Kier alpha value is -2.83. The van der Waals surface area contributed by atoms with Crippen LogP contribution in [0, 0.1) is 11.3 Å². The van der Waals surface area contributed by atoms with Gasteiger partial charge in [0.25, 0.3) is 5.22 Å². The van der Waals surface area contributed by atoms with E-state index < -0.39 is 5.25 Å². The lowest BCUT2D eigenvalue weighted by Crippen LogP contribution is -2.22. The third kappa shape index (κ3) is 4.04. The standard InChI is InChI=1S/C17H14N4O3S2/c1-10(14(22)19-16-12(9-18)7-8-25-16)26-17-21-20-15(24-17)11-3-5-13(23-2)6-4-11/h3-8,10H,1-2H3,(H,19,22)/t10-/m1/s1. The second-order valence-electron chi connectivity index (χ2n) is 5.13. The molecule has 1 atom stereocenters. The molecule has 0 radical (unpaired) electrons. The van der Waals surface area contributed by atoms with Crippen molar-refractivity contribution in [3.63, 3.8) is 0 Å². The summed E-state index contributed by atoms with van der Waals surface area (Å²) < 4.78 is 10.7.